The van der Waals surface area contributed by atoms with Gasteiger partial charge in [-0.25, -0.2) is 4.68 Å². The van der Waals surface area contributed by atoms with Crippen LogP contribution in [0.25, 0.3) is 0 Å². The molecule has 3 heterocycles. The summed E-state index contributed by atoms with van der Waals surface area (Å²) in [5.41, 5.74) is 1.55. The van der Waals surface area contributed by atoms with E-state index >= 15 is 0 Å². The monoisotopic (exact) mass is 433 g/mol. The van der Waals surface area contributed by atoms with Gasteiger partial charge in [0.2, 0.25) is 11.7 Å². The molecule has 3 aromatic rings. The van der Waals surface area contributed by atoms with Gasteiger partial charge < -0.3 is 19.7 Å². The molecule has 32 heavy (non-hydrogen) atoms. The summed E-state index contributed by atoms with van der Waals surface area (Å²) < 4.78 is 12.0. The van der Waals surface area contributed by atoms with Crippen molar-refractivity contribution < 1.29 is 19.1 Å². The van der Waals surface area contributed by atoms with E-state index in [2.05, 4.69) is 15.4 Å². The van der Waals surface area contributed by atoms with Gasteiger partial charge in [0, 0.05) is 19.3 Å². The maximum absolute atomic E-state index is 13.6. The van der Waals surface area contributed by atoms with Crippen molar-refractivity contribution in [1.82, 2.24) is 19.7 Å². The Morgan fingerprint density at radius 1 is 1.16 bits per heavy atom. The number of methoxy groups -OCH3 is 2. The summed E-state index contributed by atoms with van der Waals surface area (Å²) in [5.74, 6) is 0.210. The Hall–Kier alpha value is -3.88. The molecular weight excluding hydrogens is 410 g/mol. The van der Waals surface area contributed by atoms with E-state index in [1.165, 1.54) is 11.8 Å². The van der Waals surface area contributed by atoms with Crippen LogP contribution in [0.1, 0.15) is 34.2 Å². The van der Waals surface area contributed by atoms with Gasteiger partial charge >= 0.3 is 6.01 Å². The first-order valence-corrected chi connectivity index (χ1v) is 10.3. The molecular formula is C23H23N5O4. The molecule has 2 aliphatic heterocycles. The fourth-order valence-corrected chi connectivity index (χ4v) is 4.95. The fraction of sp³-hybridized carbons (Fsp3) is 0.304. The van der Waals surface area contributed by atoms with E-state index in [1.54, 1.807) is 19.1 Å². The molecule has 2 atom stereocenters. The molecule has 0 unspecified atom stereocenters. The Kier molecular flexibility index (Phi) is 4.61. The van der Waals surface area contributed by atoms with Crippen LogP contribution in [0.4, 0.5) is 5.69 Å². The second-order valence-corrected chi connectivity index (χ2v) is 7.94. The predicted octanol–water partition coefficient (Wildman–Crippen LogP) is 2.31. The van der Waals surface area contributed by atoms with Gasteiger partial charge in [-0.05, 0) is 35.7 Å². The summed E-state index contributed by atoms with van der Waals surface area (Å²) in [6.07, 6.45) is 0.480. The molecule has 1 fully saturated rings. The highest BCUT2D eigenvalue weighted by molar-refractivity contribution is 6.08. The molecule has 0 saturated carbocycles. The highest BCUT2D eigenvalue weighted by atomic mass is 16.5. The Morgan fingerprint density at radius 2 is 1.97 bits per heavy atom. The highest BCUT2D eigenvalue weighted by Gasteiger charge is 2.59. The third kappa shape index (κ3) is 2.77. The van der Waals surface area contributed by atoms with E-state index in [9.17, 15) is 9.59 Å². The topological polar surface area (TPSA) is 98.6 Å². The van der Waals surface area contributed by atoms with Crippen molar-refractivity contribution in [3.63, 3.8) is 0 Å². The molecule has 1 N–H and O–H groups in total. The number of nitrogens with one attached hydrogen (secondary N) is 1. The standard InChI is InChI=1S/C23H23N5O4/c1-27-22(32-3)25-19(26-27)20(29)28-12-11-23(16-9-4-5-10-17(16)24-21(23)30)18(28)14-7-6-8-15(13-14)31-2/h4-10,13,18H,11-12H2,1-3H3,(H,24,30)/t18-,23+/m0/s1. The second-order valence-electron chi connectivity index (χ2n) is 7.94. The number of carbonyl (C=O) groups excluding carboxylic acids is 2. The van der Waals surface area contributed by atoms with E-state index in [0.29, 0.717) is 18.7 Å². The third-order valence-corrected chi connectivity index (χ3v) is 6.35. The van der Waals surface area contributed by atoms with E-state index in [-0.39, 0.29) is 23.6 Å². The molecule has 0 aliphatic carbocycles. The van der Waals surface area contributed by atoms with E-state index in [4.69, 9.17) is 9.47 Å². The number of anilines is 1. The first-order valence-electron chi connectivity index (χ1n) is 10.3. The minimum Gasteiger partial charge on any atom is -0.497 e. The number of nitrogens with zero attached hydrogens (tertiary/aromatic N) is 4. The van der Waals surface area contributed by atoms with Gasteiger partial charge in [0.05, 0.1) is 20.3 Å². The zero-order chi connectivity index (χ0) is 22.5. The van der Waals surface area contributed by atoms with Gasteiger partial charge in [0.1, 0.15) is 11.2 Å². The maximum Gasteiger partial charge on any atom is 0.314 e. The summed E-state index contributed by atoms with van der Waals surface area (Å²) >= 11 is 0. The van der Waals surface area contributed by atoms with Crippen LogP contribution in [-0.2, 0) is 17.3 Å². The number of para-hydroxylation sites is 1. The van der Waals surface area contributed by atoms with Gasteiger partial charge in [-0.3, -0.25) is 9.59 Å². The van der Waals surface area contributed by atoms with Crippen molar-refractivity contribution in [3.05, 3.63) is 65.5 Å². The molecule has 2 aliphatic rings. The van der Waals surface area contributed by atoms with Crippen LogP contribution in [0, 0.1) is 0 Å². The van der Waals surface area contributed by atoms with Gasteiger partial charge in [-0.15, -0.1) is 5.10 Å². The van der Waals surface area contributed by atoms with Crippen molar-refractivity contribution in [2.24, 2.45) is 7.05 Å². The smallest absolute Gasteiger partial charge is 0.314 e. The van der Waals surface area contributed by atoms with Crippen molar-refractivity contribution in [2.45, 2.75) is 17.9 Å². The lowest BCUT2D eigenvalue weighted by molar-refractivity contribution is -0.121. The Bertz CT molecular complexity index is 1220. The Morgan fingerprint density at radius 3 is 2.72 bits per heavy atom. The van der Waals surface area contributed by atoms with Crippen LogP contribution in [-0.4, -0.2) is 52.2 Å². The summed E-state index contributed by atoms with van der Waals surface area (Å²) in [6.45, 7) is 0.378. The number of hydrogen-bond donors (Lipinski definition) is 1. The maximum atomic E-state index is 13.6. The van der Waals surface area contributed by atoms with Crippen LogP contribution < -0.4 is 14.8 Å². The van der Waals surface area contributed by atoms with Gasteiger partial charge in [0.25, 0.3) is 5.91 Å². The quantitative estimate of drug-likeness (QED) is 0.678. The molecule has 2 aromatic carbocycles. The first-order chi connectivity index (χ1) is 15.5. The van der Waals surface area contributed by atoms with Crippen LogP contribution in [0.3, 0.4) is 0 Å². The molecule has 9 heteroatoms. The number of hydrogen-bond acceptors (Lipinski definition) is 6. The van der Waals surface area contributed by atoms with Crippen LogP contribution >= 0.6 is 0 Å². The lowest BCUT2D eigenvalue weighted by Gasteiger charge is -2.34. The minimum atomic E-state index is -0.919. The van der Waals surface area contributed by atoms with Gasteiger partial charge in [0.15, 0.2) is 0 Å². The van der Waals surface area contributed by atoms with E-state index in [0.717, 1.165) is 16.8 Å². The number of aromatic nitrogens is 3. The third-order valence-electron chi connectivity index (χ3n) is 6.35. The molecule has 2 amide bonds. The second kappa shape index (κ2) is 7.37. The number of rotatable bonds is 4. The summed E-state index contributed by atoms with van der Waals surface area (Å²) in [6, 6.07) is 14.8. The van der Waals surface area contributed by atoms with Crippen LogP contribution in [0.15, 0.2) is 48.5 Å². The van der Waals surface area contributed by atoms with Gasteiger partial charge in [-0.2, -0.15) is 4.98 Å². The lowest BCUT2D eigenvalue weighted by Crippen LogP contribution is -2.42. The molecule has 1 saturated heterocycles. The van der Waals surface area contributed by atoms with Crippen molar-refractivity contribution in [3.8, 4) is 11.8 Å². The normalized spacial score (nSPS) is 21.5. The first kappa shape index (κ1) is 20.0. The highest BCUT2D eigenvalue weighted by Crippen LogP contribution is 2.55. The molecule has 164 valence electrons. The fourth-order valence-electron chi connectivity index (χ4n) is 4.95. The SMILES string of the molecule is COc1cccc([C@@H]2N(C(=O)c3nc(OC)n(C)n3)CC[C@]23C(=O)Nc2ccccc23)c1. The number of carbonyl (C=O) groups is 2. The zero-order valence-electron chi connectivity index (χ0n) is 18.0. The van der Waals surface area contributed by atoms with Gasteiger partial charge in [-0.1, -0.05) is 30.3 Å². The lowest BCUT2D eigenvalue weighted by atomic mass is 9.72. The number of amides is 2. The summed E-state index contributed by atoms with van der Waals surface area (Å²) in [5, 5.41) is 7.25. The molecule has 5 rings (SSSR count). The minimum absolute atomic E-state index is 0.0287. The average Bonchev–Trinajstić information content (AvgIpc) is 3.48. The Balaban J connectivity index is 1.66. The molecule has 0 bridgehead atoms. The van der Waals surface area contributed by atoms with E-state index in [1.807, 2.05) is 48.5 Å². The number of benzene rings is 2. The number of likely N-dealkylation sites (tertiary alicyclic amines) is 1. The average molecular weight is 433 g/mol. The predicted molar refractivity (Wildman–Crippen MR) is 116 cm³/mol. The number of fused-ring (bicyclic) bond motifs is 2. The summed E-state index contributed by atoms with van der Waals surface area (Å²) in [7, 11) is 4.73. The van der Waals surface area contributed by atoms with E-state index < -0.39 is 11.5 Å². The zero-order valence-corrected chi connectivity index (χ0v) is 18.0. The van der Waals surface area contributed by atoms with Crippen LogP contribution in [0.5, 0.6) is 11.8 Å². The molecule has 9 nitrogen and oxygen atoms in total. The molecule has 1 spiro atoms. The number of ether oxygens (including phenoxy) is 2. The summed E-state index contributed by atoms with van der Waals surface area (Å²) in [4.78, 5) is 33.0. The van der Waals surface area contributed by atoms with Crippen molar-refractivity contribution in [2.75, 3.05) is 26.1 Å². The largest absolute Gasteiger partial charge is 0.497 e. The molecule has 1 aromatic heterocycles. The molecule has 0 radical (unpaired) electrons. The van der Waals surface area contributed by atoms with Crippen molar-refractivity contribution in [1.29, 1.82) is 0 Å². The van der Waals surface area contributed by atoms with Crippen LogP contribution in [0.2, 0.25) is 0 Å². The Labute approximate surface area is 185 Å². The number of aryl methyl sites for hydroxylation is 1. The van der Waals surface area contributed by atoms with Crippen molar-refractivity contribution >= 4 is 17.5 Å².